The Bertz CT molecular complexity index is 721. The van der Waals surface area contributed by atoms with E-state index in [1.165, 1.54) is 0 Å². The minimum atomic E-state index is -0.0815. The Balaban J connectivity index is 0.00000225. The summed E-state index contributed by atoms with van der Waals surface area (Å²) >= 11 is 9.64. The summed E-state index contributed by atoms with van der Waals surface area (Å²) in [6.45, 7) is 4.20. The molecule has 0 bridgehead atoms. The van der Waals surface area contributed by atoms with Crippen LogP contribution in [0.3, 0.4) is 0 Å². The Morgan fingerprint density at radius 3 is 2.36 bits per heavy atom. The SMILES string of the molecule is Cl.O=C(NN1CCN(Cc2ccccc2Cl)CC1)c1ccccc1Br. The van der Waals surface area contributed by atoms with Crippen LogP contribution in [0, 0.1) is 0 Å². The molecule has 1 N–H and O–H groups in total. The highest BCUT2D eigenvalue weighted by Gasteiger charge is 2.20. The van der Waals surface area contributed by atoms with Crippen molar-refractivity contribution < 1.29 is 4.79 Å². The molecule has 25 heavy (non-hydrogen) atoms. The summed E-state index contributed by atoms with van der Waals surface area (Å²) in [5, 5.41) is 2.78. The van der Waals surface area contributed by atoms with Crippen LogP contribution in [0.1, 0.15) is 15.9 Å². The van der Waals surface area contributed by atoms with Gasteiger partial charge in [-0.3, -0.25) is 15.1 Å². The molecule has 0 radical (unpaired) electrons. The van der Waals surface area contributed by atoms with Gasteiger partial charge in [0.05, 0.1) is 5.56 Å². The van der Waals surface area contributed by atoms with Crippen LogP contribution in [0.2, 0.25) is 5.02 Å². The van der Waals surface area contributed by atoms with E-state index < -0.39 is 0 Å². The lowest BCUT2D eigenvalue weighted by atomic mass is 10.2. The van der Waals surface area contributed by atoms with Gasteiger partial charge in [-0.15, -0.1) is 12.4 Å². The van der Waals surface area contributed by atoms with Gasteiger partial charge in [-0.2, -0.15) is 0 Å². The zero-order valence-electron chi connectivity index (χ0n) is 13.6. The first-order valence-electron chi connectivity index (χ1n) is 7.90. The average molecular weight is 445 g/mol. The maximum atomic E-state index is 12.3. The van der Waals surface area contributed by atoms with Crippen molar-refractivity contribution in [2.24, 2.45) is 0 Å². The monoisotopic (exact) mass is 443 g/mol. The number of piperazine rings is 1. The van der Waals surface area contributed by atoms with Gasteiger partial charge in [-0.1, -0.05) is 41.9 Å². The van der Waals surface area contributed by atoms with Gasteiger partial charge in [0, 0.05) is 42.2 Å². The third-order valence-electron chi connectivity index (χ3n) is 4.10. The highest BCUT2D eigenvalue weighted by molar-refractivity contribution is 9.10. The van der Waals surface area contributed by atoms with Gasteiger partial charge in [0.25, 0.3) is 5.91 Å². The first kappa shape index (κ1) is 20.2. The van der Waals surface area contributed by atoms with Gasteiger partial charge in [0.2, 0.25) is 0 Å². The van der Waals surface area contributed by atoms with Crippen LogP contribution in [0.4, 0.5) is 0 Å². The Labute approximate surface area is 167 Å². The van der Waals surface area contributed by atoms with Gasteiger partial charge in [0.15, 0.2) is 0 Å². The standard InChI is InChI=1S/C18H19BrClN3O.ClH/c19-16-7-3-2-6-15(16)18(24)21-23-11-9-22(10-12-23)13-14-5-1-4-8-17(14)20;/h1-8H,9-13H2,(H,21,24);1H. The molecule has 1 amide bonds. The van der Waals surface area contributed by atoms with E-state index in [9.17, 15) is 4.79 Å². The molecule has 134 valence electrons. The Morgan fingerprint density at radius 2 is 1.68 bits per heavy atom. The predicted molar refractivity (Wildman–Crippen MR) is 107 cm³/mol. The Morgan fingerprint density at radius 1 is 1.04 bits per heavy atom. The number of hydrogen-bond donors (Lipinski definition) is 1. The zero-order chi connectivity index (χ0) is 16.9. The fraction of sp³-hybridized carbons (Fsp3) is 0.278. The largest absolute Gasteiger partial charge is 0.296 e. The minimum absolute atomic E-state index is 0. The molecular formula is C18H20BrCl2N3O. The molecule has 3 rings (SSSR count). The molecule has 2 aromatic carbocycles. The van der Waals surface area contributed by atoms with Crippen LogP contribution < -0.4 is 5.43 Å². The van der Waals surface area contributed by atoms with Crippen LogP contribution in [-0.4, -0.2) is 42.0 Å². The molecule has 1 fully saturated rings. The molecule has 0 aromatic heterocycles. The predicted octanol–water partition coefficient (Wildman–Crippen LogP) is 3.99. The molecule has 0 saturated carbocycles. The van der Waals surface area contributed by atoms with E-state index in [1.54, 1.807) is 0 Å². The number of benzene rings is 2. The average Bonchev–Trinajstić information content (AvgIpc) is 2.59. The number of carbonyl (C=O) groups excluding carboxylic acids is 1. The fourth-order valence-corrected chi connectivity index (χ4v) is 3.39. The molecule has 0 unspecified atom stereocenters. The van der Waals surface area contributed by atoms with Gasteiger partial charge in [0.1, 0.15) is 0 Å². The molecule has 1 saturated heterocycles. The number of amides is 1. The first-order chi connectivity index (χ1) is 11.6. The van der Waals surface area contributed by atoms with Crippen LogP contribution in [0.5, 0.6) is 0 Å². The maximum absolute atomic E-state index is 12.3. The molecule has 0 atom stereocenters. The van der Waals surface area contributed by atoms with E-state index >= 15 is 0 Å². The second kappa shape index (κ2) is 9.55. The van der Waals surface area contributed by atoms with E-state index in [4.69, 9.17) is 11.6 Å². The quantitative estimate of drug-likeness (QED) is 0.774. The van der Waals surface area contributed by atoms with E-state index in [-0.39, 0.29) is 18.3 Å². The molecule has 1 heterocycles. The Kier molecular flexibility index (Phi) is 7.72. The summed E-state index contributed by atoms with van der Waals surface area (Å²) in [6.07, 6.45) is 0. The van der Waals surface area contributed by atoms with Crippen molar-refractivity contribution in [3.63, 3.8) is 0 Å². The number of nitrogens with zero attached hydrogens (tertiary/aromatic N) is 2. The number of nitrogens with one attached hydrogen (secondary N) is 1. The molecular weight excluding hydrogens is 425 g/mol. The van der Waals surface area contributed by atoms with Gasteiger partial charge >= 0.3 is 0 Å². The van der Waals surface area contributed by atoms with Crippen molar-refractivity contribution in [1.82, 2.24) is 15.3 Å². The molecule has 0 spiro atoms. The van der Waals surface area contributed by atoms with Crippen LogP contribution in [-0.2, 0) is 6.54 Å². The summed E-state index contributed by atoms with van der Waals surface area (Å²) < 4.78 is 0.805. The molecule has 0 aliphatic carbocycles. The van der Waals surface area contributed by atoms with E-state index in [1.807, 2.05) is 47.5 Å². The normalized spacial score (nSPS) is 15.4. The van der Waals surface area contributed by atoms with E-state index in [0.29, 0.717) is 5.56 Å². The molecule has 7 heteroatoms. The van der Waals surface area contributed by atoms with Crippen molar-refractivity contribution in [2.45, 2.75) is 6.54 Å². The summed E-state index contributed by atoms with van der Waals surface area (Å²) in [4.78, 5) is 14.7. The Hall–Kier alpha value is -1.11. The second-order valence-corrected chi connectivity index (χ2v) is 7.04. The van der Waals surface area contributed by atoms with Gasteiger partial charge in [-0.05, 0) is 39.7 Å². The highest BCUT2D eigenvalue weighted by Crippen LogP contribution is 2.18. The van der Waals surface area contributed by atoms with Crippen molar-refractivity contribution in [1.29, 1.82) is 0 Å². The zero-order valence-corrected chi connectivity index (χ0v) is 16.8. The minimum Gasteiger partial charge on any atom is -0.296 e. The number of hydrazine groups is 1. The lowest BCUT2D eigenvalue weighted by molar-refractivity contribution is 0.0604. The van der Waals surface area contributed by atoms with Gasteiger partial charge < -0.3 is 0 Å². The topological polar surface area (TPSA) is 35.6 Å². The maximum Gasteiger partial charge on any atom is 0.266 e. The lowest BCUT2D eigenvalue weighted by Gasteiger charge is -2.34. The van der Waals surface area contributed by atoms with E-state index in [2.05, 4.69) is 32.3 Å². The molecule has 1 aliphatic rings. The van der Waals surface area contributed by atoms with Crippen LogP contribution in [0.25, 0.3) is 0 Å². The molecule has 1 aliphatic heterocycles. The lowest BCUT2D eigenvalue weighted by Crippen LogP contribution is -2.53. The van der Waals surface area contributed by atoms with E-state index in [0.717, 1.165) is 47.8 Å². The first-order valence-corrected chi connectivity index (χ1v) is 9.07. The van der Waals surface area contributed by atoms with Crippen molar-refractivity contribution in [2.75, 3.05) is 26.2 Å². The summed E-state index contributed by atoms with van der Waals surface area (Å²) in [6, 6.07) is 15.4. The number of rotatable bonds is 4. The summed E-state index contributed by atoms with van der Waals surface area (Å²) in [5.41, 5.74) is 4.78. The fourth-order valence-electron chi connectivity index (χ4n) is 2.73. The van der Waals surface area contributed by atoms with Gasteiger partial charge in [-0.25, -0.2) is 5.01 Å². The summed E-state index contributed by atoms with van der Waals surface area (Å²) in [7, 11) is 0. The smallest absolute Gasteiger partial charge is 0.266 e. The molecule has 4 nitrogen and oxygen atoms in total. The second-order valence-electron chi connectivity index (χ2n) is 5.78. The highest BCUT2D eigenvalue weighted by atomic mass is 79.9. The number of halogens is 3. The molecule has 2 aromatic rings. The van der Waals surface area contributed by atoms with Crippen LogP contribution >= 0.6 is 39.9 Å². The summed E-state index contributed by atoms with van der Waals surface area (Å²) in [5.74, 6) is -0.0815. The number of hydrogen-bond acceptors (Lipinski definition) is 3. The number of carbonyl (C=O) groups is 1. The third kappa shape index (κ3) is 5.43. The van der Waals surface area contributed by atoms with Crippen LogP contribution in [0.15, 0.2) is 53.0 Å². The third-order valence-corrected chi connectivity index (χ3v) is 5.16. The van der Waals surface area contributed by atoms with Crippen molar-refractivity contribution in [3.8, 4) is 0 Å². The van der Waals surface area contributed by atoms with Crippen molar-refractivity contribution in [3.05, 3.63) is 69.2 Å². The van der Waals surface area contributed by atoms with Crippen molar-refractivity contribution >= 4 is 45.8 Å².